The van der Waals surface area contributed by atoms with Gasteiger partial charge in [-0.15, -0.1) is 0 Å². The van der Waals surface area contributed by atoms with Gasteiger partial charge in [-0.1, -0.05) is 0 Å². The zero-order valence-corrected chi connectivity index (χ0v) is 18.9. The molecular weight excluding hydrogens is 411 g/mol. The van der Waals surface area contributed by atoms with Crippen LogP contribution in [0.5, 0.6) is 0 Å². The van der Waals surface area contributed by atoms with Gasteiger partial charge in [0.1, 0.15) is 12.0 Å². The van der Waals surface area contributed by atoms with Gasteiger partial charge >= 0.3 is 0 Å². The third-order valence-corrected chi connectivity index (χ3v) is 5.24. The maximum absolute atomic E-state index is 14.0. The molecule has 1 aliphatic carbocycles. The summed E-state index contributed by atoms with van der Waals surface area (Å²) in [7, 11) is 0. The van der Waals surface area contributed by atoms with Gasteiger partial charge in [0.25, 0.3) is 5.91 Å². The van der Waals surface area contributed by atoms with E-state index < -0.39 is 17.7 Å². The SMILES string of the molecule is CC(C)Nc1cc(/C(C=N)=C2\N=CC(C3CC3)=CN2)ncc1C(=O)NCC(F)C(C)(C)O. The van der Waals surface area contributed by atoms with E-state index in [0.29, 0.717) is 28.7 Å². The van der Waals surface area contributed by atoms with Crippen molar-refractivity contribution >= 4 is 29.6 Å². The highest BCUT2D eigenvalue weighted by atomic mass is 19.1. The lowest BCUT2D eigenvalue weighted by molar-refractivity contribution is -0.00177. The van der Waals surface area contributed by atoms with Gasteiger partial charge in [0.15, 0.2) is 0 Å². The molecule has 0 bridgehead atoms. The van der Waals surface area contributed by atoms with Crippen LogP contribution in [0.25, 0.3) is 5.57 Å². The van der Waals surface area contributed by atoms with Crippen molar-refractivity contribution < 1.29 is 14.3 Å². The maximum Gasteiger partial charge on any atom is 0.255 e. The Balaban J connectivity index is 1.85. The number of allylic oxidation sites excluding steroid dienone is 2. The number of aromatic nitrogens is 1. The van der Waals surface area contributed by atoms with Crippen LogP contribution in [0.3, 0.4) is 0 Å². The average molecular weight is 443 g/mol. The summed E-state index contributed by atoms with van der Waals surface area (Å²) in [4.78, 5) is 21.5. The van der Waals surface area contributed by atoms with Crippen molar-refractivity contribution in [3.63, 3.8) is 0 Å². The van der Waals surface area contributed by atoms with Crippen molar-refractivity contribution in [2.24, 2.45) is 10.9 Å². The first-order chi connectivity index (χ1) is 15.1. The molecule has 0 spiro atoms. The summed E-state index contributed by atoms with van der Waals surface area (Å²) in [6.45, 7) is 6.24. The molecule has 1 aliphatic heterocycles. The zero-order chi connectivity index (χ0) is 23.5. The molecule has 3 rings (SSSR count). The number of nitrogens with one attached hydrogen (secondary N) is 4. The molecule has 1 aromatic rings. The molecule has 9 heteroatoms. The quantitative estimate of drug-likeness (QED) is 0.376. The molecule has 1 atom stereocenters. The van der Waals surface area contributed by atoms with E-state index in [1.165, 1.54) is 39.1 Å². The number of aliphatic imine (C=N–C) groups is 1. The van der Waals surface area contributed by atoms with E-state index in [9.17, 15) is 14.3 Å². The fraction of sp³-hybridized carbons (Fsp3) is 0.478. The molecule has 5 N–H and O–H groups in total. The van der Waals surface area contributed by atoms with Crippen LogP contribution in [0, 0.1) is 11.3 Å². The first-order valence-electron chi connectivity index (χ1n) is 10.8. The summed E-state index contributed by atoms with van der Waals surface area (Å²) < 4.78 is 14.0. The minimum Gasteiger partial charge on any atom is -0.387 e. The largest absolute Gasteiger partial charge is 0.387 e. The van der Waals surface area contributed by atoms with E-state index in [1.54, 1.807) is 6.07 Å². The normalized spacial score (nSPS) is 18.5. The summed E-state index contributed by atoms with van der Waals surface area (Å²) in [6.07, 6.45) is 7.03. The summed E-state index contributed by atoms with van der Waals surface area (Å²) in [6, 6.07) is 1.70. The van der Waals surface area contributed by atoms with Gasteiger partial charge in [0, 0.05) is 30.9 Å². The highest BCUT2D eigenvalue weighted by Gasteiger charge is 2.28. The Kier molecular flexibility index (Phi) is 7.08. The van der Waals surface area contributed by atoms with Crippen molar-refractivity contribution in [1.82, 2.24) is 15.6 Å². The molecule has 0 radical (unpaired) electrons. The third-order valence-electron chi connectivity index (χ3n) is 5.24. The summed E-state index contributed by atoms with van der Waals surface area (Å²) in [5, 5.41) is 26.5. The predicted octanol–water partition coefficient (Wildman–Crippen LogP) is 3.03. The fourth-order valence-corrected chi connectivity index (χ4v) is 3.16. The van der Waals surface area contributed by atoms with E-state index in [1.807, 2.05) is 26.3 Å². The van der Waals surface area contributed by atoms with Crippen LogP contribution in [-0.2, 0) is 0 Å². The molecular formula is C23H31FN6O2. The van der Waals surface area contributed by atoms with Gasteiger partial charge in [-0.05, 0) is 58.1 Å². The monoisotopic (exact) mass is 442 g/mol. The molecule has 2 heterocycles. The number of hydrogen-bond acceptors (Lipinski definition) is 7. The van der Waals surface area contributed by atoms with E-state index in [-0.39, 0.29) is 18.2 Å². The topological polar surface area (TPSA) is 122 Å². The Bertz CT molecular complexity index is 973. The summed E-state index contributed by atoms with van der Waals surface area (Å²) in [5.74, 6) is 0.568. The number of pyridine rings is 1. The van der Waals surface area contributed by atoms with E-state index in [4.69, 9.17) is 5.41 Å². The number of carbonyl (C=O) groups excluding carboxylic acids is 1. The highest BCUT2D eigenvalue weighted by Crippen LogP contribution is 2.36. The van der Waals surface area contributed by atoms with Crippen LogP contribution in [0.1, 0.15) is 56.6 Å². The minimum atomic E-state index is -1.61. The molecule has 32 heavy (non-hydrogen) atoms. The molecule has 2 aliphatic rings. The first kappa shape index (κ1) is 23.6. The number of nitrogens with zero attached hydrogens (tertiary/aromatic N) is 2. The molecule has 1 fully saturated rings. The Morgan fingerprint density at radius 2 is 2.16 bits per heavy atom. The van der Waals surface area contributed by atoms with Gasteiger partial charge < -0.3 is 26.5 Å². The molecule has 0 aromatic carbocycles. The van der Waals surface area contributed by atoms with Gasteiger partial charge in [0.2, 0.25) is 0 Å². The lowest BCUT2D eigenvalue weighted by atomic mass is 10.0. The summed E-state index contributed by atoms with van der Waals surface area (Å²) >= 11 is 0. The second-order valence-corrected chi connectivity index (χ2v) is 8.97. The van der Waals surface area contributed by atoms with Crippen molar-refractivity contribution in [3.05, 3.63) is 41.1 Å². The Morgan fingerprint density at radius 1 is 1.44 bits per heavy atom. The van der Waals surface area contributed by atoms with Crippen molar-refractivity contribution in [3.8, 4) is 0 Å². The van der Waals surface area contributed by atoms with Gasteiger partial charge in [-0.3, -0.25) is 9.78 Å². The number of amides is 1. The van der Waals surface area contributed by atoms with Gasteiger partial charge in [0.05, 0.1) is 34.7 Å². The second kappa shape index (κ2) is 9.60. The van der Waals surface area contributed by atoms with Crippen LogP contribution >= 0.6 is 0 Å². The number of rotatable bonds is 9. The third kappa shape index (κ3) is 5.79. The second-order valence-electron chi connectivity index (χ2n) is 8.97. The number of aliphatic hydroxyl groups is 1. The molecule has 172 valence electrons. The Hall–Kier alpha value is -3.07. The van der Waals surface area contributed by atoms with E-state index in [2.05, 4.69) is 25.9 Å². The van der Waals surface area contributed by atoms with Crippen molar-refractivity contribution in [1.29, 1.82) is 5.41 Å². The van der Waals surface area contributed by atoms with Crippen LogP contribution in [0.2, 0.25) is 0 Å². The van der Waals surface area contributed by atoms with Crippen LogP contribution < -0.4 is 16.0 Å². The molecule has 1 aromatic heterocycles. The fourth-order valence-electron chi connectivity index (χ4n) is 3.16. The van der Waals surface area contributed by atoms with Crippen LogP contribution in [-0.4, -0.2) is 52.8 Å². The van der Waals surface area contributed by atoms with Gasteiger partial charge in [-0.2, -0.15) is 0 Å². The smallest absolute Gasteiger partial charge is 0.255 e. The highest BCUT2D eigenvalue weighted by molar-refractivity contribution is 6.10. The number of halogens is 1. The molecule has 1 unspecified atom stereocenters. The van der Waals surface area contributed by atoms with Gasteiger partial charge in [-0.25, -0.2) is 9.38 Å². The molecule has 8 nitrogen and oxygen atoms in total. The Labute approximate surface area is 187 Å². The number of carbonyl (C=O) groups is 1. The Morgan fingerprint density at radius 3 is 2.69 bits per heavy atom. The maximum atomic E-state index is 14.0. The standard InChI is InChI=1S/C23H31FN6O2/c1-13(2)30-19-7-18(16(8-25)21-27-9-15(10-28-21)14-5-6-14)26-11-17(19)22(31)29-12-20(24)23(3,4)32/h7-11,13-14,20,25,27,32H,5-6,12H2,1-4H3,(H,26,30)(H,29,31)/b21-16-,25-8?. The van der Waals surface area contributed by atoms with Crippen molar-refractivity contribution in [2.45, 2.75) is 58.4 Å². The zero-order valence-electron chi connectivity index (χ0n) is 18.9. The molecule has 1 amide bonds. The van der Waals surface area contributed by atoms with Crippen LogP contribution in [0.15, 0.2) is 34.8 Å². The lowest BCUT2D eigenvalue weighted by Crippen LogP contribution is -2.42. The van der Waals surface area contributed by atoms with E-state index in [0.717, 1.165) is 5.57 Å². The summed E-state index contributed by atoms with van der Waals surface area (Å²) in [5.41, 5.74) is 1.31. The van der Waals surface area contributed by atoms with Crippen LogP contribution in [0.4, 0.5) is 10.1 Å². The van der Waals surface area contributed by atoms with E-state index >= 15 is 0 Å². The predicted molar refractivity (Wildman–Crippen MR) is 125 cm³/mol. The number of hydrogen-bond donors (Lipinski definition) is 5. The number of anilines is 1. The lowest BCUT2D eigenvalue weighted by Gasteiger charge is -2.23. The van der Waals surface area contributed by atoms with Crippen molar-refractivity contribution in [2.75, 3.05) is 11.9 Å². The molecule has 0 saturated heterocycles. The minimum absolute atomic E-state index is 0.0213. The molecule has 1 saturated carbocycles. The average Bonchev–Trinajstić information content (AvgIpc) is 3.57. The first-order valence-corrected chi connectivity index (χ1v) is 10.8. The number of alkyl halides is 1.